The standard InChI is InChI=1S/C16H21N/c1-13-5-4-8-16-15(13)10-12-17(16)11-9-14-6-2-3-7-14/h4-5,8,10,12,14H,2-3,6-7,9,11H2,1H3. The number of aryl methyl sites for hydroxylation is 2. The van der Waals surface area contributed by atoms with Gasteiger partial charge in [0.2, 0.25) is 0 Å². The number of nitrogens with zero attached hydrogens (tertiary/aromatic N) is 1. The second-order valence-electron chi connectivity index (χ2n) is 5.46. The molecule has 1 nitrogen and oxygen atoms in total. The van der Waals surface area contributed by atoms with Crippen molar-refractivity contribution in [3.05, 3.63) is 36.0 Å². The first-order chi connectivity index (χ1) is 8.34. The van der Waals surface area contributed by atoms with Crippen LogP contribution in [0.4, 0.5) is 0 Å². The topological polar surface area (TPSA) is 4.93 Å². The Hall–Kier alpha value is -1.24. The third-order valence-electron chi connectivity index (χ3n) is 4.28. The molecule has 1 heteroatoms. The minimum Gasteiger partial charge on any atom is -0.347 e. The molecule has 0 N–H and O–H groups in total. The van der Waals surface area contributed by atoms with E-state index >= 15 is 0 Å². The zero-order valence-corrected chi connectivity index (χ0v) is 10.7. The monoisotopic (exact) mass is 227 g/mol. The third-order valence-corrected chi connectivity index (χ3v) is 4.28. The van der Waals surface area contributed by atoms with Crippen molar-refractivity contribution in [1.82, 2.24) is 4.57 Å². The lowest BCUT2D eigenvalue weighted by molar-refractivity contribution is 0.463. The Balaban J connectivity index is 1.78. The van der Waals surface area contributed by atoms with Crippen LogP contribution in [0.15, 0.2) is 30.5 Å². The van der Waals surface area contributed by atoms with Gasteiger partial charge in [0.15, 0.2) is 0 Å². The Morgan fingerprint density at radius 3 is 2.82 bits per heavy atom. The lowest BCUT2D eigenvalue weighted by atomic mass is 10.0. The molecule has 0 radical (unpaired) electrons. The molecular weight excluding hydrogens is 206 g/mol. The van der Waals surface area contributed by atoms with Gasteiger partial charge in [-0.25, -0.2) is 0 Å². The molecule has 1 saturated carbocycles. The van der Waals surface area contributed by atoms with Crippen LogP contribution in [0.25, 0.3) is 10.9 Å². The summed E-state index contributed by atoms with van der Waals surface area (Å²) in [4.78, 5) is 0. The van der Waals surface area contributed by atoms with Gasteiger partial charge in [-0.1, -0.05) is 37.8 Å². The molecule has 2 aromatic rings. The maximum Gasteiger partial charge on any atom is 0.0482 e. The van der Waals surface area contributed by atoms with E-state index < -0.39 is 0 Å². The molecule has 17 heavy (non-hydrogen) atoms. The summed E-state index contributed by atoms with van der Waals surface area (Å²) in [5.74, 6) is 0.984. The molecule has 1 aliphatic carbocycles. The number of rotatable bonds is 3. The van der Waals surface area contributed by atoms with Crippen molar-refractivity contribution >= 4 is 10.9 Å². The molecule has 0 aliphatic heterocycles. The molecule has 3 rings (SSSR count). The molecular formula is C16H21N. The summed E-state index contributed by atoms with van der Waals surface area (Å²) in [5, 5.41) is 1.42. The van der Waals surface area contributed by atoms with Crippen LogP contribution in [0, 0.1) is 12.8 Å². The first-order valence-corrected chi connectivity index (χ1v) is 6.89. The number of benzene rings is 1. The second-order valence-corrected chi connectivity index (χ2v) is 5.46. The molecule has 0 atom stereocenters. The van der Waals surface area contributed by atoms with Crippen LogP contribution in [0.5, 0.6) is 0 Å². The maximum absolute atomic E-state index is 2.43. The lowest BCUT2D eigenvalue weighted by Gasteiger charge is -2.10. The number of hydrogen-bond donors (Lipinski definition) is 0. The van der Waals surface area contributed by atoms with Crippen molar-refractivity contribution in [2.24, 2.45) is 5.92 Å². The Morgan fingerprint density at radius 1 is 1.18 bits per heavy atom. The summed E-state index contributed by atoms with van der Waals surface area (Å²) in [6.07, 6.45) is 9.44. The molecule has 1 aromatic heterocycles. The zero-order valence-electron chi connectivity index (χ0n) is 10.7. The van der Waals surface area contributed by atoms with Crippen LogP contribution in [-0.2, 0) is 6.54 Å². The highest BCUT2D eigenvalue weighted by molar-refractivity contribution is 5.83. The van der Waals surface area contributed by atoms with E-state index in [1.54, 1.807) is 0 Å². The Kier molecular flexibility index (Phi) is 2.92. The van der Waals surface area contributed by atoms with Crippen LogP contribution in [0.1, 0.15) is 37.7 Å². The molecule has 90 valence electrons. The summed E-state index contributed by atoms with van der Waals surface area (Å²) in [5.41, 5.74) is 2.80. The van der Waals surface area contributed by atoms with E-state index in [0.717, 1.165) is 5.92 Å². The van der Waals surface area contributed by atoms with Crippen molar-refractivity contribution in [2.45, 2.75) is 45.6 Å². The second kappa shape index (κ2) is 4.56. The largest absolute Gasteiger partial charge is 0.347 e. The van der Waals surface area contributed by atoms with E-state index in [0.29, 0.717) is 0 Å². The van der Waals surface area contributed by atoms with E-state index in [9.17, 15) is 0 Å². The third kappa shape index (κ3) is 2.11. The van der Waals surface area contributed by atoms with Crippen LogP contribution in [-0.4, -0.2) is 4.57 Å². The van der Waals surface area contributed by atoms with Gasteiger partial charge in [-0.2, -0.15) is 0 Å². The fourth-order valence-corrected chi connectivity index (χ4v) is 3.19. The Bertz CT molecular complexity index is 503. The molecule has 1 aromatic carbocycles. The van der Waals surface area contributed by atoms with E-state index in [1.165, 1.54) is 55.1 Å². The van der Waals surface area contributed by atoms with Crippen LogP contribution in [0.3, 0.4) is 0 Å². The molecule has 0 amide bonds. The smallest absolute Gasteiger partial charge is 0.0482 e. The van der Waals surface area contributed by atoms with Crippen LogP contribution >= 0.6 is 0 Å². The van der Waals surface area contributed by atoms with Gasteiger partial charge < -0.3 is 4.57 Å². The molecule has 1 heterocycles. The summed E-state index contributed by atoms with van der Waals surface area (Å²) >= 11 is 0. The quantitative estimate of drug-likeness (QED) is 0.726. The predicted octanol–water partition coefficient (Wildman–Crippen LogP) is 4.53. The van der Waals surface area contributed by atoms with E-state index in [-0.39, 0.29) is 0 Å². The average molecular weight is 227 g/mol. The first-order valence-electron chi connectivity index (χ1n) is 6.89. The van der Waals surface area contributed by atoms with Gasteiger partial charge in [0, 0.05) is 23.6 Å². The number of hydrogen-bond acceptors (Lipinski definition) is 0. The number of fused-ring (bicyclic) bond motifs is 1. The van der Waals surface area contributed by atoms with Crippen molar-refractivity contribution in [1.29, 1.82) is 0 Å². The minimum absolute atomic E-state index is 0.984. The fraction of sp³-hybridized carbons (Fsp3) is 0.500. The highest BCUT2D eigenvalue weighted by Gasteiger charge is 2.14. The minimum atomic E-state index is 0.984. The molecule has 1 aliphatic rings. The summed E-state index contributed by atoms with van der Waals surface area (Å²) < 4.78 is 2.43. The summed E-state index contributed by atoms with van der Waals surface area (Å²) in [6.45, 7) is 3.39. The SMILES string of the molecule is Cc1cccc2c1ccn2CCC1CCCC1. The van der Waals surface area contributed by atoms with E-state index in [2.05, 4.69) is 42.0 Å². The first kappa shape index (κ1) is 10.9. The molecule has 1 fully saturated rings. The van der Waals surface area contributed by atoms with Crippen molar-refractivity contribution in [3.8, 4) is 0 Å². The van der Waals surface area contributed by atoms with Crippen molar-refractivity contribution < 1.29 is 0 Å². The lowest BCUT2D eigenvalue weighted by Crippen LogP contribution is -2.02. The number of aromatic nitrogens is 1. The Labute approximate surface area is 103 Å². The van der Waals surface area contributed by atoms with Crippen LogP contribution in [0.2, 0.25) is 0 Å². The molecule has 0 unspecified atom stereocenters. The summed E-state index contributed by atoms with van der Waals surface area (Å²) in [7, 11) is 0. The van der Waals surface area contributed by atoms with Gasteiger partial charge in [-0.05, 0) is 37.0 Å². The Morgan fingerprint density at radius 2 is 2.00 bits per heavy atom. The van der Waals surface area contributed by atoms with Gasteiger partial charge in [-0.15, -0.1) is 0 Å². The highest BCUT2D eigenvalue weighted by atomic mass is 14.9. The van der Waals surface area contributed by atoms with Crippen molar-refractivity contribution in [2.75, 3.05) is 0 Å². The highest BCUT2D eigenvalue weighted by Crippen LogP contribution is 2.28. The van der Waals surface area contributed by atoms with Crippen LogP contribution < -0.4 is 0 Å². The van der Waals surface area contributed by atoms with Gasteiger partial charge >= 0.3 is 0 Å². The average Bonchev–Trinajstić information content (AvgIpc) is 2.95. The van der Waals surface area contributed by atoms with Gasteiger partial charge in [0.05, 0.1) is 0 Å². The molecule has 0 saturated heterocycles. The van der Waals surface area contributed by atoms with E-state index in [4.69, 9.17) is 0 Å². The predicted molar refractivity (Wildman–Crippen MR) is 73.3 cm³/mol. The fourth-order valence-electron chi connectivity index (χ4n) is 3.19. The van der Waals surface area contributed by atoms with Gasteiger partial charge in [0.25, 0.3) is 0 Å². The normalized spacial score (nSPS) is 17.0. The summed E-state index contributed by atoms with van der Waals surface area (Å²) in [6, 6.07) is 8.88. The van der Waals surface area contributed by atoms with Crippen molar-refractivity contribution in [3.63, 3.8) is 0 Å². The van der Waals surface area contributed by atoms with Gasteiger partial charge in [0.1, 0.15) is 0 Å². The maximum atomic E-state index is 2.43. The van der Waals surface area contributed by atoms with E-state index in [1.807, 2.05) is 0 Å². The van der Waals surface area contributed by atoms with Gasteiger partial charge in [-0.3, -0.25) is 0 Å². The molecule has 0 bridgehead atoms. The molecule has 0 spiro atoms. The zero-order chi connectivity index (χ0) is 11.7.